The summed E-state index contributed by atoms with van der Waals surface area (Å²) in [5.74, 6) is -0.182. The molecule has 5 heteroatoms. The Balaban J connectivity index is 2.67. The van der Waals surface area contributed by atoms with E-state index in [1.807, 2.05) is 11.6 Å². The van der Waals surface area contributed by atoms with Crippen molar-refractivity contribution in [1.82, 2.24) is 9.78 Å². The van der Waals surface area contributed by atoms with Gasteiger partial charge in [0.1, 0.15) is 0 Å². The molecule has 0 aliphatic rings. The highest BCUT2D eigenvalue weighted by molar-refractivity contribution is 5.68. The molecule has 0 saturated heterocycles. The van der Waals surface area contributed by atoms with Crippen LogP contribution in [0.2, 0.25) is 0 Å². The number of ether oxygens (including phenoxy) is 1. The second-order valence-corrected chi connectivity index (χ2v) is 3.92. The highest BCUT2D eigenvalue weighted by Crippen LogP contribution is 2.18. The Hall–Kier alpha value is -1.52. The largest absolute Gasteiger partial charge is 0.469 e. The minimum Gasteiger partial charge on any atom is -0.469 e. The maximum atomic E-state index is 11.0. The Morgan fingerprint density at radius 2 is 2.12 bits per heavy atom. The summed E-state index contributed by atoms with van der Waals surface area (Å²) >= 11 is 0. The third-order valence-corrected chi connectivity index (χ3v) is 2.82. The van der Waals surface area contributed by atoms with E-state index in [1.165, 1.54) is 7.11 Å². The fraction of sp³-hybridized carbons (Fsp3) is 0.667. The van der Waals surface area contributed by atoms with Crippen LogP contribution < -0.4 is 5.73 Å². The molecule has 0 amide bonds. The highest BCUT2D eigenvalue weighted by Gasteiger charge is 2.12. The average molecular weight is 239 g/mol. The zero-order valence-electron chi connectivity index (χ0n) is 10.8. The van der Waals surface area contributed by atoms with Crippen LogP contribution in [0.15, 0.2) is 0 Å². The molecule has 17 heavy (non-hydrogen) atoms. The van der Waals surface area contributed by atoms with Crippen LogP contribution in [0, 0.1) is 0 Å². The van der Waals surface area contributed by atoms with Crippen molar-refractivity contribution < 1.29 is 9.53 Å². The number of aromatic nitrogens is 2. The number of rotatable bonds is 6. The molecule has 0 radical (unpaired) electrons. The lowest BCUT2D eigenvalue weighted by molar-refractivity contribution is -0.140. The van der Waals surface area contributed by atoms with Gasteiger partial charge in [-0.1, -0.05) is 13.8 Å². The van der Waals surface area contributed by atoms with Gasteiger partial charge in [-0.05, 0) is 19.3 Å². The normalized spacial score (nSPS) is 10.5. The van der Waals surface area contributed by atoms with Crippen LogP contribution in [0.25, 0.3) is 0 Å². The average Bonchev–Trinajstić information content (AvgIpc) is 2.64. The van der Waals surface area contributed by atoms with Gasteiger partial charge in [-0.2, -0.15) is 5.10 Å². The van der Waals surface area contributed by atoms with Crippen LogP contribution in [0.1, 0.15) is 38.1 Å². The number of aryl methyl sites for hydroxylation is 2. The molecule has 0 spiro atoms. The van der Waals surface area contributed by atoms with E-state index in [0.29, 0.717) is 13.0 Å². The number of carbonyl (C=O) groups excluding carboxylic acids is 1. The minimum absolute atomic E-state index is 0.182. The van der Waals surface area contributed by atoms with Gasteiger partial charge >= 0.3 is 5.97 Å². The first-order valence-electron chi connectivity index (χ1n) is 6.04. The third-order valence-electron chi connectivity index (χ3n) is 2.82. The smallest absolute Gasteiger partial charge is 0.305 e. The van der Waals surface area contributed by atoms with E-state index in [9.17, 15) is 4.79 Å². The first kappa shape index (κ1) is 13.5. The van der Waals surface area contributed by atoms with Gasteiger partial charge < -0.3 is 10.5 Å². The van der Waals surface area contributed by atoms with E-state index >= 15 is 0 Å². The minimum atomic E-state index is -0.182. The van der Waals surface area contributed by atoms with E-state index in [4.69, 9.17) is 5.73 Å². The molecule has 0 atom stereocenters. The van der Waals surface area contributed by atoms with Crippen molar-refractivity contribution in [3.05, 3.63) is 11.4 Å². The maximum Gasteiger partial charge on any atom is 0.305 e. The molecule has 0 aliphatic carbocycles. The van der Waals surface area contributed by atoms with Crippen LogP contribution in [0.5, 0.6) is 0 Å². The van der Waals surface area contributed by atoms with Crippen LogP contribution in [0.4, 0.5) is 5.69 Å². The number of nitrogen functional groups attached to an aromatic ring is 1. The molecule has 1 aromatic rings. The molecule has 0 fully saturated rings. The summed E-state index contributed by atoms with van der Waals surface area (Å²) in [4.78, 5) is 11.0. The number of nitrogens with two attached hydrogens (primary N) is 1. The fourth-order valence-corrected chi connectivity index (χ4v) is 1.86. The Bertz CT molecular complexity index is 385. The van der Waals surface area contributed by atoms with Gasteiger partial charge in [0.2, 0.25) is 0 Å². The lowest BCUT2D eigenvalue weighted by atomic mass is 10.2. The first-order valence-corrected chi connectivity index (χ1v) is 6.04. The maximum absolute atomic E-state index is 11.0. The van der Waals surface area contributed by atoms with Crippen molar-refractivity contribution in [2.45, 2.75) is 46.1 Å². The number of nitrogens with zero attached hydrogens (tertiary/aromatic N) is 2. The second-order valence-electron chi connectivity index (χ2n) is 3.92. The van der Waals surface area contributed by atoms with Gasteiger partial charge in [0.15, 0.2) is 0 Å². The zero-order valence-corrected chi connectivity index (χ0v) is 10.8. The number of carbonyl (C=O) groups is 1. The van der Waals surface area contributed by atoms with Crippen LogP contribution >= 0.6 is 0 Å². The van der Waals surface area contributed by atoms with Crippen molar-refractivity contribution in [3.8, 4) is 0 Å². The molecule has 0 bridgehead atoms. The van der Waals surface area contributed by atoms with Gasteiger partial charge in [0.25, 0.3) is 0 Å². The molecule has 1 rings (SSSR count). The summed E-state index contributed by atoms with van der Waals surface area (Å²) in [7, 11) is 1.40. The lowest BCUT2D eigenvalue weighted by Crippen LogP contribution is -2.08. The Labute approximate surface area is 102 Å². The van der Waals surface area contributed by atoms with Gasteiger partial charge in [-0.25, -0.2) is 0 Å². The summed E-state index contributed by atoms with van der Waals surface area (Å²) < 4.78 is 6.52. The molecule has 96 valence electrons. The zero-order chi connectivity index (χ0) is 12.8. The number of anilines is 1. The van der Waals surface area contributed by atoms with Crippen molar-refractivity contribution >= 4 is 11.7 Å². The SMILES string of the molecule is CCc1nn(CCCC(=O)OC)c(CC)c1N. The summed E-state index contributed by atoms with van der Waals surface area (Å²) in [6.45, 7) is 4.81. The molecule has 0 saturated carbocycles. The second kappa shape index (κ2) is 6.27. The number of esters is 1. The van der Waals surface area contributed by atoms with E-state index in [0.717, 1.165) is 36.3 Å². The number of hydrogen-bond acceptors (Lipinski definition) is 4. The van der Waals surface area contributed by atoms with Crippen LogP contribution in [0.3, 0.4) is 0 Å². The predicted molar refractivity (Wildman–Crippen MR) is 66.6 cm³/mol. The Morgan fingerprint density at radius 3 is 2.65 bits per heavy atom. The predicted octanol–water partition coefficient (Wildman–Crippen LogP) is 1.54. The van der Waals surface area contributed by atoms with Gasteiger partial charge in [-0.15, -0.1) is 0 Å². The molecule has 5 nitrogen and oxygen atoms in total. The molecular formula is C12H21N3O2. The molecule has 1 heterocycles. The van der Waals surface area contributed by atoms with E-state index in [2.05, 4.69) is 16.8 Å². The van der Waals surface area contributed by atoms with E-state index < -0.39 is 0 Å². The summed E-state index contributed by atoms with van der Waals surface area (Å²) in [6, 6.07) is 0. The summed E-state index contributed by atoms with van der Waals surface area (Å²) in [5.41, 5.74) is 8.81. The van der Waals surface area contributed by atoms with Crippen molar-refractivity contribution in [2.24, 2.45) is 0 Å². The molecule has 1 aromatic heterocycles. The number of hydrogen-bond donors (Lipinski definition) is 1. The fourth-order valence-electron chi connectivity index (χ4n) is 1.86. The standard InChI is InChI=1S/C12H21N3O2/c1-4-9-12(13)10(5-2)15(14-9)8-6-7-11(16)17-3/h4-8,13H2,1-3H3. The summed E-state index contributed by atoms with van der Waals surface area (Å²) in [6.07, 6.45) is 2.84. The van der Waals surface area contributed by atoms with E-state index in [1.54, 1.807) is 0 Å². The quantitative estimate of drug-likeness (QED) is 0.764. The molecular weight excluding hydrogens is 218 g/mol. The van der Waals surface area contributed by atoms with Crippen LogP contribution in [-0.2, 0) is 28.9 Å². The number of methoxy groups -OCH3 is 1. The third kappa shape index (κ3) is 3.22. The van der Waals surface area contributed by atoms with Crippen molar-refractivity contribution in [2.75, 3.05) is 12.8 Å². The van der Waals surface area contributed by atoms with Gasteiger partial charge in [0, 0.05) is 13.0 Å². The van der Waals surface area contributed by atoms with Crippen molar-refractivity contribution in [3.63, 3.8) is 0 Å². The van der Waals surface area contributed by atoms with Gasteiger partial charge in [0.05, 0.1) is 24.2 Å². The first-order chi connectivity index (χ1) is 8.13. The van der Waals surface area contributed by atoms with E-state index in [-0.39, 0.29) is 5.97 Å². The highest BCUT2D eigenvalue weighted by atomic mass is 16.5. The van der Waals surface area contributed by atoms with Gasteiger partial charge in [-0.3, -0.25) is 9.48 Å². The monoisotopic (exact) mass is 239 g/mol. The Kier molecular flexibility index (Phi) is 5.00. The molecule has 2 N–H and O–H groups in total. The molecule has 0 unspecified atom stereocenters. The lowest BCUT2D eigenvalue weighted by Gasteiger charge is -2.05. The molecule has 0 aliphatic heterocycles. The van der Waals surface area contributed by atoms with Crippen LogP contribution in [-0.4, -0.2) is 22.9 Å². The topological polar surface area (TPSA) is 70.1 Å². The van der Waals surface area contributed by atoms with Crippen molar-refractivity contribution in [1.29, 1.82) is 0 Å². The Morgan fingerprint density at radius 1 is 1.41 bits per heavy atom. The summed E-state index contributed by atoms with van der Waals surface area (Å²) in [5, 5.41) is 4.46. The molecule has 0 aromatic carbocycles.